The number of benzene rings is 1. The van der Waals surface area contributed by atoms with E-state index in [9.17, 15) is 9.18 Å². The molecule has 2 atom stereocenters. The van der Waals surface area contributed by atoms with E-state index in [2.05, 4.69) is 14.9 Å². The molecule has 0 N–H and O–H groups in total. The quantitative estimate of drug-likeness (QED) is 0.387. The summed E-state index contributed by atoms with van der Waals surface area (Å²) in [6.07, 6.45) is 7.06. The van der Waals surface area contributed by atoms with Crippen molar-refractivity contribution in [2.45, 2.75) is 0 Å². The number of para-hydroxylation sites is 2. The van der Waals surface area contributed by atoms with Crippen molar-refractivity contribution in [3.8, 4) is 11.3 Å². The van der Waals surface area contributed by atoms with Gasteiger partial charge in [0.1, 0.15) is 17.3 Å². The molecule has 0 aliphatic carbocycles. The summed E-state index contributed by atoms with van der Waals surface area (Å²) in [7, 11) is 0. The van der Waals surface area contributed by atoms with Crippen molar-refractivity contribution in [1.29, 1.82) is 0 Å². The van der Waals surface area contributed by atoms with Gasteiger partial charge in [0.15, 0.2) is 0 Å². The number of carbonyl (C=O) groups is 1. The van der Waals surface area contributed by atoms with E-state index in [4.69, 9.17) is 4.98 Å². The third-order valence-electron chi connectivity index (χ3n) is 7.44. The highest BCUT2D eigenvalue weighted by atomic mass is 19.1. The lowest BCUT2D eigenvalue weighted by atomic mass is 10.0. The minimum atomic E-state index is -0.437. The summed E-state index contributed by atoms with van der Waals surface area (Å²) in [5.41, 5.74) is 3.76. The Morgan fingerprint density at radius 1 is 0.889 bits per heavy atom. The predicted octanol–water partition coefficient (Wildman–Crippen LogP) is 4.29. The highest BCUT2D eigenvalue weighted by molar-refractivity contribution is 6.07. The molecule has 0 radical (unpaired) electrons. The number of pyridine rings is 2. The first-order chi connectivity index (χ1) is 17.7. The normalized spacial score (nSPS) is 19.4. The molecule has 0 saturated carbocycles. The number of halogens is 1. The Morgan fingerprint density at radius 2 is 1.67 bits per heavy atom. The highest BCUT2D eigenvalue weighted by Gasteiger charge is 2.43. The zero-order chi connectivity index (χ0) is 24.2. The van der Waals surface area contributed by atoms with Gasteiger partial charge in [-0.15, -0.1) is 0 Å². The van der Waals surface area contributed by atoms with E-state index in [1.807, 2.05) is 64.2 Å². The largest absolute Gasteiger partial charge is 0.355 e. The van der Waals surface area contributed by atoms with Gasteiger partial charge in [-0.05, 0) is 36.4 Å². The lowest BCUT2D eigenvalue weighted by Crippen LogP contribution is -2.33. The van der Waals surface area contributed by atoms with Crippen molar-refractivity contribution < 1.29 is 9.18 Å². The molecule has 2 aliphatic heterocycles. The summed E-state index contributed by atoms with van der Waals surface area (Å²) in [5, 5.41) is 0. The second-order valence-corrected chi connectivity index (χ2v) is 9.60. The molecule has 2 aliphatic rings. The lowest BCUT2D eigenvalue weighted by molar-refractivity contribution is 0.0785. The summed E-state index contributed by atoms with van der Waals surface area (Å²) in [5.74, 6) is 1.08. The summed E-state index contributed by atoms with van der Waals surface area (Å²) in [6.45, 7) is 2.99. The van der Waals surface area contributed by atoms with E-state index in [-0.39, 0.29) is 11.6 Å². The Labute approximate surface area is 206 Å². The van der Waals surface area contributed by atoms with Gasteiger partial charge in [-0.1, -0.05) is 18.2 Å². The van der Waals surface area contributed by atoms with E-state index >= 15 is 0 Å². The average Bonchev–Trinajstić information content (AvgIpc) is 3.60. The van der Waals surface area contributed by atoms with Crippen LogP contribution in [0.1, 0.15) is 10.4 Å². The molecule has 1 amide bonds. The number of nitrogens with zero attached hydrogens (tertiary/aromatic N) is 6. The summed E-state index contributed by atoms with van der Waals surface area (Å²) >= 11 is 0. The SMILES string of the molecule is O=C(c1c(-c2ncccc2F)cn2ccccc12)N1CC2CN(c3cnc4ccccc4n3)CC2C1. The molecule has 7 rings (SSSR count). The van der Waals surface area contributed by atoms with Gasteiger partial charge >= 0.3 is 0 Å². The number of rotatable bonds is 3. The van der Waals surface area contributed by atoms with E-state index in [0.717, 1.165) is 35.5 Å². The Balaban J connectivity index is 1.16. The Hall–Kier alpha value is -4.33. The summed E-state index contributed by atoms with van der Waals surface area (Å²) < 4.78 is 16.6. The van der Waals surface area contributed by atoms with Crippen molar-refractivity contribution in [2.75, 3.05) is 31.1 Å². The molecule has 178 valence electrons. The van der Waals surface area contributed by atoms with E-state index in [0.29, 0.717) is 36.1 Å². The van der Waals surface area contributed by atoms with Crippen LogP contribution >= 0.6 is 0 Å². The molecule has 8 heteroatoms. The molecular formula is C28H23FN6O. The molecular weight excluding hydrogens is 455 g/mol. The topological polar surface area (TPSA) is 66.6 Å². The fourth-order valence-electron chi connectivity index (χ4n) is 5.71. The molecule has 4 aromatic heterocycles. The van der Waals surface area contributed by atoms with Crippen LogP contribution in [0.3, 0.4) is 0 Å². The van der Waals surface area contributed by atoms with E-state index in [1.165, 1.54) is 6.07 Å². The molecule has 5 aromatic rings. The third-order valence-corrected chi connectivity index (χ3v) is 7.44. The monoisotopic (exact) mass is 478 g/mol. The van der Waals surface area contributed by atoms with Crippen molar-refractivity contribution in [1.82, 2.24) is 24.3 Å². The van der Waals surface area contributed by atoms with Gasteiger partial charge in [-0.3, -0.25) is 14.8 Å². The number of amides is 1. The van der Waals surface area contributed by atoms with Crippen LogP contribution in [0.4, 0.5) is 10.2 Å². The molecule has 0 bridgehead atoms. The maximum Gasteiger partial charge on any atom is 0.256 e. The van der Waals surface area contributed by atoms with Gasteiger partial charge < -0.3 is 14.2 Å². The Bertz CT molecular complexity index is 1620. The van der Waals surface area contributed by atoms with Gasteiger partial charge in [0.05, 0.1) is 28.3 Å². The van der Waals surface area contributed by atoms with Gasteiger partial charge in [-0.2, -0.15) is 0 Å². The average molecular weight is 479 g/mol. The van der Waals surface area contributed by atoms with Crippen LogP contribution in [0.25, 0.3) is 27.8 Å². The number of fused-ring (bicyclic) bond motifs is 3. The first-order valence-electron chi connectivity index (χ1n) is 12.1. The van der Waals surface area contributed by atoms with Crippen LogP contribution in [0, 0.1) is 17.7 Å². The lowest BCUT2D eigenvalue weighted by Gasteiger charge is -2.23. The predicted molar refractivity (Wildman–Crippen MR) is 135 cm³/mol. The van der Waals surface area contributed by atoms with Crippen molar-refractivity contribution in [2.24, 2.45) is 11.8 Å². The van der Waals surface area contributed by atoms with Crippen LogP contribution in [0.2, 0.25) is 0 Å². The van der Waals surface area contributed by atoms with Crippen molar-refractivity contribution in [3.63, 3.8) is 0 Å². The van der Waals surface area contributed by atoms with Gasteiger partial charge in [0, 0.05) is 62.2 Å². The van der Waals surface area contributed by atoms with Crippen LogP contribution in [-0.2, 0) is 0 Å². The standard InChI is InChI=1S/C28H23FN6O/c29-21-6-5-10-30-27(21)20-17-33-11-4-3-9-24(33)26(20)28(36)35-15-18-13-34(14-19(18)16-35)25-12-31-22-7-1-2-8-23(22)32-25/h1-12,17-19H,13-16H2. The maximum atomic E-state index is 14.7. The third kappa shape index (κ3) is 3.32. The fraction of sp³-hybridized carbons (Fsp3) is 0.214. The van der Waals surface area contributed by atoms with Gasteiger partial charge in [0.2, 0.25) is 0 Å². The van der Waals surface area contributed by atoms with Crippen molar-refractivity contribution >= 4 is 28.3 Å². The van der Waals surface area contributed by atoms with Crippen LogP contribution < -0.4 is 4.90 Å². The molecule has 2 saturated heterocycles. The van der Waals surface area contributed by atoms with Crippen LogP contribution in [0.5, 0.6) is 0 Å². The first-order valence-corrected chi connectivity index (χ1v) is 12.1. The summed E-state index contributed by atoms with van der Waals surface area (Å²) in [4.78, 5) is 31.7. The summed E-state index contributed by atoms with van der Waals surface area (Å²) in [6, 6.07) is 16.5. The number of likely N-dealkylation sites (tertiary alicyclic amines) is 1. The van der Waals surface area contributed by atoms with Crippen LogP contribution in [0.15, 0.2) is 79.4 Å². The molecule has 36 heavy (non-hydrogen) atoms. The number of hydrogen-bond donors (Lipinski definition) is 0. The van der Waals surface area contributed by atoms with E-state index in [1.54, 1.807) is 18.5 Å². The number of anilines is 1. The Kier molecular flexibility index (Phi) is 4.73. The second-order valence-electron chi connectivity index (χ2n) is 9.60. The molecule has 0 spiro atoms. The number of aromatic nitrogens is 4. The minimum Gasteiger partial charge on any atom is -0.355 e. The number of carbonyl (C=O) groups excluding carboxylic acids is 1. The van der Waals surface area contributed by atoms with Crippen molar-refractivity contribution in [3.05, 3.63) is 90.8 Å². The highest BCUT2D eigenvalue weighted by Crippen LogP contribution is 2.36. The molecule has 2 unspecified atom stereocenters. The first kappa shape index (κ1) is 21.0. The van der Waals surface area contributed by atoms with Crippen LogP contribution in [-0.4, -0.2) is 56.3 Å². The fourth-order valence-corrected chi connectivity index (χ4v) is 5.71. The maximum absolute atomic E-state index is 14.7. The molecule has 7 nitrogen and oxygen atoms in total. The molecule has 2 fully saturated rings. The molecule has 6 heterocycles. The zero-order valence-corrected chi connectivity index (χ0v) is 19.5. The molecule has 1 aromatic carbocycles. The van der Waals surface area contributed by atoms with Gasteiger partial charge in [-0.25, -0.2) is 9.37 Å². The zero-order valence-electron chi connectivity index (χ0n) is 19.5. The van der Waals surface area contributed by atoms with E-state index < -0.39 is 5.82 Å². The number of hydrogen-bond acceptors (Lipinski definition) is 5. The van der Waals surface area contributed by atoms with Gasteiger partial charge in [0.25, 0.3) is 5.91 Å². The Morgan fingerprint density at radius 3 is 2.47 bits per heavy atom. The minimum absolute atomic E-state index is 0.0739. The second kappa shape index (κ2) is 8.12. The smallest absolute Gasteiger partial charge is 0.256 e.